The van der Waals surface area contributed by atoms with E-state index in [2.05, 4.69) is 34.1 Å². The summed E-state index contributed by atoms with van der Waals surface area (Å²) in [6.45, 7) is 0. The third kappa shape index (κ3) is 2.32. The number of hydrogen-bond donors (Lipinski definition) is 0. The number of fused-ring (bicyclic) bond motifs is 2. The van der Waals surface area contributed by atoms with Crippen molar-refractivity contribution in [2.24, 2.45) is 0 Å². The number of hydrogen-bond acceptors (Lipinski definition) is 0. The van der Waals surface area contributed by atoms with Crippen molar-refractivity contribution in [3.63, 3.8) is 0 Å². The van der Waals surface area contributed by atoms with Crippen molar-refractivity contribution in [1.82, 2.24) is 0 Å². The van der Waals surface area contributed by atoms with Crippen LogP contribution >= 0.6 is 39.1 Å². The molecule has 2 aromatic rings. The molecule has 0 atom stereocenters. The molecular formula is C15H11BrCl2. The fourth-order valence-electron chi connectivity index (χ4n) is 2.50. The summed E-state index contributed by atoms with van der Waals surface area (Å²) in [6.07, 6.45) is 3.02. The highest BCUT2D eigenvalue weighted by molar-refractivity contribution is 9.10. The van der Waals surface area contributed by atoms with Crippen LogP contribution in [0.1, 0.15) is 22.3 Å². The molecule has 18 heavy (non-hydrogen) atoms. The van der Waals surface area contributed by atoms with Crippen LogP contribution in [-0.2, 0) is 19.3 Å². The Kier molecular flexibility index (Phi) is 3.40. The minimum absolute atomic E-state index is 0.647. The van der Waals surface area contributed by atoms with E-state index in [0.717, 1.165) is 23.7 Å². The van der Waals surface area contributed by atoms with Gasteiger partial charge in [-0.25, -0.2) is 0 Å². The standard InChI is InChI=1S/C15H11BrCl2/c16-13-4-3-9-1-2-10-7-14(17)15(18)8-12(10)5-11(9)6-13/h3-4,6-8H,1-2,5H2. The van der Waals surface area contributed by atoms with E-state index in [4.69, 9.17) is 23.2 Å². The Labute approximate surface area is 125 Å². The summed E-state index contributed by atoms with van der Waals surface area (Å²) >= 11 is 15.7. The summed E-state index contributed by atoms with van der Waals surface area (Å²) in [6, 6.07) is 10.5. The Balaban J connectivity index is 2.10. The van der Waals surface area contributed by atoms with Crippen LogP contribution in [0, 0.1) is 0 Å². The van der Waals surface area contributed by atoms with Gasteiger partial charge in [0.1, 0.15) is 0 Å². The molecule has 1 aliphatic carbocycles. The quantitative estimate of drug-likeness (QED) is 0.598. The van der Waals surface area contributed by atoms with Gasteiger partial charge < -0.3 is 0 Å². The first kappa shape index (κ1) is 12.5. The highest BCUT2D eigenvalue weighted by atomic mass is 79.9. The van der Waals surface area contributed by atoms with Crippen LogP contribution in [0.4, 0.5) is 0 Å². The second kappa shape index (κ2) is 4.88. The van der Waals surface area contributed by atoms with Crippen molar-refractivity contribution in [2.75, 3.05) is 0 Å². The number of halogens is 3. The van der Waals surface area contributed by atoms with Gasteiger partial charge in [0.15, 0.2) is 0 Å². The minimum Gasteiger partial charge on any atom is -0.0827 e. The molecule has 0 saturated heterocycles. The fourth-order valence-corrected chi connectivity index (χ4v) is 3.28. The Morgan fingerprint density at radius 3 is 2.17 bits per heavy atom. The number of benzene rings is 2. The van der Waals surface area contributed by atoms with E-state index < -0.39 is 0 Å². The average Bonchev–Trinajstić information content (AvgIpc) is 2.49. The number of rotatable bonds is 0. The van der Waals surface area contributed by atoms with Gasteiger partial charge in [-0.2, -0.15) is 0 Å². The molecule has 0 aliphatic heterocycles. The van der Waals surface area contributed by atoms with Crippen molar-refractivity contribution < 1.29 is 0 Å². The predicted octanol–water partition coefficient (Wildman–Crippen LogP) is 5.45. The van der Waals surface area contributed by atoms with E-state index in [-0.39, 0.29) is 0 Å². The van der Waals surface area contributed by atoms with Crippen molar-refractivity contribution in [2.45, 2.75) is 19.3 Å². The molecule has 0 unspecified atom stereocenters. The first-order valence-electron chi connectivity index (χ1n) is 5.87. The third-order valence-electron chi connectivity index (χ3n) is 3.46. The first-order chi connectivity index (χ1) is 8.63. The molecule has 0 fully saturated rings. The third-order valence-corrected chi connectivity index (χ3v) is 4.67. The largest absolute Gasteiger partial charge is 0.0827 e. The zero-order chi connectivity index (χ0) is 12.7. The second-order valence-electron chi connectivity index (χ2n) is 4.62. The highest BCUT2D eigenvalue weighted by Crippen LogP contribution is 2.32. The maximum absolute atomic E-state index is 6.12. The lowest BCUT2D eigenvalue weighted by Crippen LogP contribution is -1.93. The van der Waals surface area contributed by atoms with Crippen LogP contribution in [-0.4, -0.2) is 0 Å². The Bertz CT molecular complexity index is 620. The molecule has 0 nitrogen and oxygen atoms in total. The molecule has 1 aliphatic rings. The van der Waals surface area contributed by atoms with Crippen LogP contribution in [0.25, 0.3) is 0 Å². The van der Waals surface area contributed by atoms with Gasteiger partial charge in [-0.15, -0.1) is 0 Å². The lowest BCUT2D eigenvalue weighted by Gasteiger charge is -2.08. The summed E-state index contributed by atoms with van der Waals surface area (Å²) in [5.41, 5.74) is 5.40. The zero-order valence-corrected chi connectivity index (χ0v) is 12.7. The van der Waals surface area contributed by atoms with Gasteiger partial charge in [-0.1, -0.05) is 45.2 Å². The molecule has 0 bridgehead atoms. The monoisotopic (exact) mass is 340 g/mol. The normalized spacial score (nSPS) is 13.7. The lowest BCUT2D eigenvalue weighted by atomic mass is 10.0. The summed E-state index contributed by atoms with van der Waals surface area (Å²) in [7, 11) is 0. The van der Waals surface area contributed by atoms with Gasteiger partial charge in [0, 0.05) is 4.47 Å². The average molecular weight is 342 g/mol. The van der Waals surface area contributed by atoms with Crippen LogP contribution in [0.2, 0.25) is 10.0 Å². The summed E-state index contributed by atoms with van der Waals surface area (Å²) in [5.74, 6) is 0. The fraction of sp³-hybridized carbons (Fsp3) is 0.200. The lowest BCUT2D eigenvalue weighted by molar-refractivity contribution is 0.965. The van der Waals surface area contributed by atoms with Crippen LogP contribution in [0.15, 0.2) is 34.8 Å². The Hall–Kier alpha value is -0.500. The molecule has 0 spiro atoms. The minimum atomic E-state index is 0.647. The molecule has 92 valence electrons. The zero-order valence-electron chi connectivity index (χ0n) is 9.64. The van der Waals surface area contributed by atoms with Crippen LogP contribution in [0.5, 0.6) is 0 Å². The maximum Gasteiger partial charge on any atom is 0.0595 e. The van der Waals surface area contributed by atoms with Gasteiger partial charge in [0.2, 0.25) is 0 Å². The van der Waals surface area contributed by atoms with E-state index in [1.54, 1.807) is 0 Å². The molecule has 0 aromatic heterocycles. The molecule has 0 radical (unpaired) electrons. The summed E-state index contributed by atoms with van der Waals surface area (Å²) in [5, 5.41) is 1.30. The smallest absolute Gasteiger partial charge is 0.0595 e. The first-order valence-corrected chi connectivity index (χ1v) is 7.42. The molecule has 2 aromatic carbocycles. The van der Waals surface area contributed by atoms with Gasteiger partial charge in [0.25, 0.3) is 0 Å². The van der Waals surface area contributed by atoms with E-state index in [9.17, 15) is 0 Å². The van der Waals surface area contributed by atoms with Crippen molar-refractivity contribution >= 4 is 39.1 Å². The molecule has 0 amide bonds. The van der Waals surface area contributed by atoms with E-state index in [1.807, 2.05) is 12.1 Å². The Morgan fingerprint density at radius 2 is 1.39 bits per heavy atom. The molecule has 3 heteroatoms. The van der Waals surface area contributed by atoms with Gasteiger partial charge in [-0.3, -0.25) is 0 Å². The van der Waals surface area contributed by atoms with Gasteiger partial charge in [-0.05, 0) is 65.8 Å². The van der Waals surface area contributed by atoms with E-state index >= 15 is 0 Å². The van der Waals surface area contributed by atoms with Crippen LogP contribution < -0.4 is 0 Å². The SMILES string of the molecule is Clc1cc2c(cc1Cl)Cc1cc(Br)ccc1CC2. The summed E-state index contributed by atoms with van der Waals surface area (Å²) < 4.78 is 1.13. The summed E-state index contributed by atoms with van der Waals surface area (Å²) in [4.78, 5) is 0. The molecular weight excluding hydrogens is 331 g/mol. The molecule has 3 rings (SSSR count). The van der Waals surface area contributed by atoms with Gasteiger partial charge in [0.05, 0.1) is 10.0 Å². The molecule has 0 N–H and O–H groups in total. The second-order valence-corrected chi connectivity index (χ2v) is 6.35. The van der Waals surface area contributed by atoms with Crippen molar-refractivity contribution in [3.8, 4) is 0 Å². The van der Waals surface area contributed by atoms with Gasteiger partial charge >= 0.3 is 0 Å². The van der Waals surface area contributed by atoms with Crippen molar-refractivity contribution in [3.05, 3.63) is 67.1 Å². The van der Waals surface area contributed by atoms with Crippen LogP contribution in [0.3, 0.4) is 0 Å². The van der Waals surface area contributed by atoms with Crippen molar-refractivity contribution in [1.29, 1.82) is 0 Å². The van der Waals surface area contributed by atoms with E-state index in [0.29, 0.717) is 10.0 Å². The number of aryl methyl sites for hydroxylation is 2. The predicted molar refractivity (Wildman–Crippen MR) is 80.8 cm³/mol. The molecule has 0 saturated carbocycles. The highest BCUT2D eigenvalue weighted by Gasteiger charge is 2.15. The molecule has 0 heterocycles. The topological polar surface area (TPSA) is 0 Å². The Morgan fingerprint density at radius 1 is 0.778 bits per heavy atom. The maximum atomic E-state index is 6.12. The van der Waals surface area contributed by atoms with E-state index in [1.165, 1.54) is 22.3 Å².